The highest BCUT2D eigenvalue weighted by atomic mass is 79.9. The second-order valence-electron chi connectivity index (χ2n) is 7.33. The van der Waals surface area contributed by atoms with Crippen molar-refractivity contribution in [2.75, 3.05) is 13.2 Å². The van der Waals surface area contributed by atoms with Gasteiger partial charge in [0.2, 0.25) is 0 Å². The maximum Gasteiger partial charge on any atom is 0.323 e. The van der Waals surface area contributed by atoms with Crippen molar-refractivity contribution in [2.24, 2.45) is 5.73 Å². The standard InChI is InChI=1S/C19H22BrNO4/c20-16-10-12-9-14-15(25-8-2-1-7-24-14)11-13(12)18(16)3-5-19(21,6-4-18)17(22)23/h9-11H,1-8,21H2,(H,22,23). The Bertz CT molecular complexity index is 750. The number of allylic oxidation sites excluding steroid dienone is 1. The minimum atomic E-state index is -1.12. The molecule has 1 aromatic carbocycles. The molecule has 1 fully saturated rings. The third-order valence-corrected chi connectivity index (χ3v) is 6.83. The van der Waals surface area contributed by atoms with Gasteiger partial charge in [0.25, 0.3) is 0 Å². The van der Waals surface area contributed by atoms with Crippen LogP contribution in [0.5, 0.6) is 11.5 Å². The lowest BCUT2D eigenvalue weighted by Crippen LogP contribution is -2.53. The van der Waals surface area contributed by atoms with Gasteiger partial charge in [0.1, 0.15) is 5.54 Å². The molecule has 1 aromatic rings. The molecule has 25 heavy (non-hydrogen) atoms. The molecule has 134 valence electrons. The molecule has 1 spiro atoms. The van der Waals surface area contributed by atoms with Crippen LogP contribution in [0.4, 0.5) is 0 Å². The summed E-state index contributed by atoms with van der Waals surface area (Å²) in [6, 6.07) is 4.14. The molecule has 0 bridgehead atoms. The van der Waals surface area contributed by atoms with Crippen molar-refractivity contribution in [3.05, 3.63) is 27.7 Å². The Morgan fingerprint density at radius 3 is 2.28 bits per heavy atom. The van der Waals surface area contributed by atoms with E-state index in [9.17, 15) is 9.90 Å². The van der Waals surface area contributed by atoms with Crippen LogP contribution in [0, 0.1) is 0 Å². The molecule has 3 aliphatic rings. The largest absolute Gasteiger partial charge is 0.490 e. The van der Waals surface area contributed by atoms with E-state index in [1.54, 1.807) is 0 Å². The van der Waals surface area contributed by atoms with Crippen molar-refractivity contribution in [2.45, 2.75) is 49.5 Å². The van der Waals surface area contributed by atoms with Crippen LogP contribution in [0.15, 0.2) is 16.6 Å². The quantitative estimate of drug-likeness (QED) is 0.743. The number of benzene rings is 1. The predicted octanol–water partition coefficient (Wildman–Crippen LogP) is 3.58. The van der Waals surface area contributed by atoms with Gasteiger partial charge in [0.05, 0.1) is 13.2 Å². The number of rotatable bonds is 1. The van der Waals surface area contributed by atoms with Gasteiger partial charge in [-0.05, 0) is 67.9 Å². The normalized spacial score (nSPS) is 31.0. The lowest BCUT2D eigenvalue weighted by atomic mass is 9.65. The van der Waals surface area contributed by atoms with E-state index in [4.69, 9.17) is 15.2 Å². The number of hydrogen-bond acceptors (Lipinski definition) is 4. The lowest BCUT2D eigenvalue weighted by Gasteiger charge is -2.42. The first kappa shape index (κ1) is 16.9. The SMILES string of the molecule is NC1(C(=O)O)CCC2(CC1)C(Br)=Cc1cc3c(cc12)OCCCCO3. The van der Waals surface area contributed by atoms with E-state index in [2.05, 4.69) is 28.1 Å². The number of fused-ring (bicyclic) bond motifs is 3. The molecule has 0 unspecified atom stereocenters. The average molecular weight is 408 g/mol. The number of carboxylic acid groups (broad SMARTS) is 1. The van der Waals surface area contributed by atoms with Crippen molar-refractivity contribution < 1.29 is 19.4 Å². The van der Waals surface area contributed by atoms with Crippen LogP contribution in [-0.2, 0) is 10.2 Å². The van der Waals surface area contributed by atoms with Crippen LogP contribution in [0.2, 0.25) is 0 Å². The second-order valence-corrected chi connectivity index (χ2v) is 8.18. The summed E-state index contributed by atoms with van der Waals surface area (Å²) >= 11 is 3.74. The van der Waals surface area contributed by atoms with Crippen molar-refractivity contribution in [1.82, 2.24) is 0 Å². The van der Waals surface area contributed by atoms with Gasteiger partial charge >= 0.3 is 5.97 Å². The Morgan fingerprint density at radius 1 is 1.08 bits per heavy atom. The molecule has 0 atom stereocenters. The molecule has 5 nitrogen and oxygen atoms in total. The molecule has 1 saturated carbocycles. The minimum absolute atomic E-state index is 0.200. The highest BCUT2D eigenvalue weighted by Gasteiger charge is 2.49. The van der Waals surface area contributed by atoms with Gasteiger partial charge in [-0.1, -0.05) is 15.9 Å². The fraction of sp³-hybridized carbons (Fsp3) is 0.526. The van der Waals surface area contributed by atoms with Gasteiger partial charge in [-0.25, -0.2) is 0 Å². The van der Waals surface area contributed by atoms with Crippen LogP contribution in [0.3, 0.4) is 0 Å². The third kappa shape index (κ3) is 2.66. The predicted molar refractivity (Wildman–Crippen MR) is 98.3 cm³/mol. The number of carboxylic acids is 1. The molecule has 0 aromatic heterocycles. The van der Waals surface area contributed by atoms with E-state index >= 15 is 0 Å². The number of ether oxygens (including phenoxy) is 2. The highest BCUT2D eigenvalue weighted by molar-refractivity contribution is 9.11. The topological polar surface area (TPSA) is 81.8 Å². The average Bonchev–Trinajstić information content (AvgIpc) is 2.82. The first-order valence-corrected chi connectivity index (χ1v) is 9.58. The number of carbonyl (C=O) groups is 1. The third-order valence-electron chi connectivity index (χ3n) is 5.85. The number of nitrogens with two attached hydrogens (primary N) is 1. The van der Waals surface area contributed by atoms with Crippen LogP contribution >= 0.6 is 15.9 Å². The van der Waals surface area contributed by atoms with E-state index in [1.165, 1.54) is 5.56 Å². The minimum Gasteiger partial charge on any atom is -0.490 e. The van der Waals surface area contributed by atoms with Gasteiger partial charge in [0, 0.05) is 9.90 Å². The molecule has 0 radical (unpaired) electrons. The van der Waals surface area contributed by atoms with Crippen LogP contribution in [0.25, 0.3) is 6.08 Å². The van der Waals surface area contributed by atoms with E-state index < -0.39 is 11.5 Å². The van der Waals surface area contributed by atoms with Crippen LogP contribution in [0.1, 0.15) is 49.7 Å². The Balaban J connectivity index is 1.71. The summed E-state index contributed by atoms with van der Waals surface area (Å²) in [5.74, 6) is 0.674. The molecule has 2 aliphatic carbocycles. The van der Waals surface area contributed by atoms with Crippen molar-refractivity contribution in [1.29, 1.82) is 0 Å². The summed E-state index contributed by atoms with van der Waals surface area (Å²) in [5.41, 5.74) is 7.08. The van der Waals surface area contributed by atoms with Crippen molar-refractivity contribution >= 4 is 28.0 Å². The van der Waals surface area contributed by atoms with Gasteiger partial charge in [0.15, 0.2) is 11.5 Å². The van der Waals surface area contributed by atoms with E-state index in [1.807, 2.05) is 6.07 Å². The molecule has 4 rings (SSSR count). The fourth-order valence-corrected chi connectivity index (χ4v) is 5.01. The fourth-order valence-electron chi connectivity index (χ4n) is 4.15. The molecule has 1 aliphatic heterocycles. The molecule has 3 N–H and O–H groups in total. The summed E-state index contributed by atoms with van der Waals surface area (Å²) < 4.78 is 12.9. The Kier molecular flexibility index (Phi) is 4.07. The highest BCUT2D eigenvalue weighted by Crippen LogP contribution is 2.56. The van der Waals surface area contributed by atoms with Gasteiger partial charge in [-0.3, -0.25) is 4.79 Å². The van der Waals surface area contributed by atoms with Crippen LogP contribution < -0.4 is 15.2 Å². The summed E-state index contributed by atoms with van der Waals surface area (Å²) in [6.07, 6.45) is 6.44. The molecule has 1 heterocycles. The number of aliphatic carboxylic acids is 1. The van der Waals surface area contributed by atoms with Gasteiger partial charge in [-0.15, -0.1) is 0 Å². The molecular weight excluding hydrogens is 386 g/mol. The first-order valence-electron chi connectivity index (χ1n) is 8.79. The first-order chi connectivity index (χ1) is 11.9. The monoisotopic (exact) mass is 407 g/mol. The second kappa shape index (κ2) is 6.02. The van der Waals surface area contributed by atoms with Crippen LogP contribution in [-0.4, -0.2) is 29.8 Å². The van der Waals surface area contributed by atoms with E-state index in [0.717, 1.165) is 34.4 Å². The molecular formula is C19H22BrNO4. The zero-order valence-corrected chi connectivity index (χ0v) is 15.6. The van der Waals surface area contributed by atoms with Crippen molar-refractivity contribution in [3.8, 4) is 11.5 Å². The Morgan fingerprint density at radius 2 is 1.68 bits per heavy atom. The summed E-state index contributed by atoms with van der Waals surface area (Å²) in [6.45, 7) is 1.40. The molecule has 6 heteroatoms. The summed E-state index contributed by atoms with van der Waals surface area (Å²) in [4.78, 5) is 11.5. The number of hydrogen-bond donors (Lipinski definition) is 2. The van der Waals surface area contributed by atoms with E-state index in [0.29, 0.717) is 38.9 Å². The van der Waals surface area contributed by atoms with E-state index in [-0.39, 0.29) is 5.41 Å². The Hall–Kier alpha value is -1.53. The zero-order chi connectivity index (χ0) is 17.7. The van der Waals surface area contributed by atoms with Gasteiger partial charge < -0.3 is 20.3 Å². The zero-order valence-electron chi connectivity index (χ0n) is 14.0. The Labute approximate surface area is 155 Å². The molecule has 0 saturated heterocycles. The smallest absolute Gasteiger partial charge is 0.323 e. The van der Waals surface area contributed by atoms with Gasteiger partial charge in [-0.2, -0.15) is 0 Å². The lowest BCUT2D eigenvalue weighted by molar-refractivity contribution is -0.145. The maximum absolute atomic E-state index is 11.5. The summed E-state index contributed by atoms with van der Waals surface area (Å²) in [7, 11) is 0. The van der Waals surface area contributed by atoms with Crippen molar-refractivity contribution in [3.63, 3.8) is 0 Å². The maximum atomic E-state index is 11.5. The number of halogens is 1. The summed E-state index contributed by atoms with van der Waals surface area (Å²) in [5, 5.41) is 9.42. The molecule has 0 amide bonds.